The van der Waals surface area contributed by atoms with Gasteiger partial charge in [0.1, 0.15) is 11.6 Å². The van der Waals surface area contributed by atoms with Crippen molar-refractivity contribution in [2.24, 2.45) is 0 Å². The number of halogens is 1. The molecule has 0 fully saturated rings. The van der Waals surface area contributed by atoms with E-state index in [1.54, 1.807) is 19.2 Å². The molecule has 0 atom stereocenters. The first kappa shape index (κ1) is 14.2. The van der Waals surface area contributed by atoms with Gasteiger partial charge < -0.3 is 10.5 Å². The molecule has 102 valence electrons. The summed E-state index contributed by atoms with van der Waals surface area (Å²) in [6.45, 7) is 0. The van der Waals surface area contributed by atoms with E-state index in [4.69, 9.17) is 15.7 Å². The van der Waals surface area contributed by atoms with Crippen LogP contribution in [0.2, 0.25) is 0 Å². The van der Waals surface area contributed by atoms with Crippen LogP contribution in [-0.4, -0.2) is 7.11 Å². The zero-order valence-electron chi connectivity index (χ0n) is 10.9. The summed E-state index contributed by atoms with van der Waals surface area (Å²) >= 11 is 1.45. The van der Waals surface area contributed by atoms with Crippen LogP contribution in [-0.2, 0) is 5.75 Å². The van der Waals surface area contributed by atoms with Crippen molar-refractivity contribution >= 4 is 17.4 Å². The van der Waals surface area contributed by atoms with E-state index in [-0.39, 0.29) is 5.82 Å². The van der Waals surface area contributed by atoms with E-state index in [1.807, 2.05) is 6.07 Å². The molecule has 0 aliphatic heterocycles. The fourth-order valence-corrected chi connectivity index (χ4v) is 2.70. The summed E-state index contributed by atoms with van der Waals surface area (Å²) in [5.41, 5.74) is 7.65. The number of hydrogen-bond donors (Lipinski definition) is 1. The number of benzene rings is 2. The summed E-state index contributed by atoms with van der Waals surface area (Å²) < 4.78 is 18.4. The van der Waals surface area contributed by atoms with Crippen LogP contribution in [0.1, 0.15) is 11.1 Å². The minimum atomic E-state index is -0.349. The van der Waals surface area contributed by atoms with E-state index in [0.717, 1.165) is 4.90 Å². The van der Waals surface area contributed by atoms with Crippen LogP contribution in [0.25, 0.3) is 0 Å². The number of nitrogen functional groups attached to an aromatic ring is 1. The molecule has 0 unspecified atom stereocenters. The van der Waals surface area contributed by atoms with E-state index in [9.17, 15) is 4.39 Å². The monoisotopic (exact) mass is 288 g/mol. The van der Waals surface area contributed by atoms with Crippen molar-refractivity contribution < 1.29 is 9.13 Å². The summed E-state index contributed by atoms with van der Waals surface area (Å²) in [6, 6.07) is 11.6. The van der Waals surface area contributed by atoms with Crippen molar-refractivity contribution in [2.45, 2.75) is 10.6 Å². The molecule has 0 aliphatic rings. The Morgan fingerprint density at radius 1 is 1.30 bits per heavy atom. The SMILES string of the molecule is COc1ccc(N)c(SCc2cc(F)ccc2C#N)c1. The highest BCUT2D eigenvalue weighted by Crippen LogP contribution is 2.32. The van der Waals surface area contributed by atoms with Gasteiger partial charge in [-0.25, -0.2) is 4.39 Å². The highest BCUT2D eigenvalue weighted by Gasteiger charge is 2.07. The van der Waals surface area contributed by atoms with Gasteiger partial charge in [-0.1, -0.05) is 0 Å². The second-order valence-corrected chi connectivity index (χ2v) is 5.12. The molecule has 2 rings (SSSR count). The summed E-state index contributed by atoms with van der Waals surface area (Å²) in [6.07, 6.45) is 0. The number of hydrogen-bond acceptors (Lipinski definition) is 4. The number of nitriles is 1. The smallest absolute Gasteiger partial charge is 0.123 e. The highest BCUT2D eigenvalue weighted by atomic mass is 32.2. The minimum absolute atomic E-state index is 0.349. The minimum Gasteiger partial charge on any atom is -0.497 e. The number of rotatable bonds is 4. The van der Waals surface area contributed by atoms with Gasteiger partial charge in [-0.2, -0.15) is 5.26 Å². The van der Waals surface area contributed by atoms with Crippen molar-refractivity contribution in [1.82, 2.24) is 0 Å². The van der Waals surface area contributed by atoms with Crippen LogP contribution < -0.4 is 10.5 Å². The van der Waals surface area contributed by atoms with E-state index < -0.39 is 0 Å². The van der Waals surface area contributed by atoms with Crippen molar-refractivity contribution in [3.8, 4) is 11.8 Å². The Morgan fingerprint density at radius 3 is 2.80 bits per heavy atom. The molecule has 0 spiro atoms. The summed E-state index contributed by atoms with van der Waals surface area (Å²) in [5, 5.41) is 9.02. The second kappa shape index (κ2) is 6.31. The Hall–Kier alpha value is -2.19. The predicted octanol–water partition coefficient (Wildman–Crippen LogP) is 3.58. The third-order valence-electron chi connectivity index (χ3n) is 2.79. The maximum Gasteiger partial charge on any atom is 0.123 e. The Labute approximate surface area is 121 Å². The van der Waals surface area contributed by atoms with Gasteiger partial charge in [0, 0.05) is 16.3 Å². The molecule has 0 radical (unpaired) electrons. The van der Waals surface area contributed by atoms with Crippen molar-refractivity contribution in [2.75, 3.05) is 12.8 Å². The highest BCUT2D eigenvalue weighted by molar-refractivity contribution is 7.98. The van der Waals surface area contributed by atoms with Gasteiger partial charge in [0.15, 0.2) is 0 Å². The first-order valence-electron chi connectivity index (χ1n) is 5.89. The lowest BCUT2D eigenvalue weighted by molar-refractivity contribution is 0.414. The van der Waals surface area contributed by atoms with Gasteiger partial charge >= 0.3 is 0 Å². The molecular weight excluding hydrogens is 275 g/mol. The van der Waals surface area contributed by atoms with E-state index in [2.05, 4.69) is 6.07 Å². The number of methoxy groups -OCH3 is 1. The normalized spacial score (nSPS) is 10.1. The number of ether oxygens (including phenoxy) is 1. The topological polar surface area (TPSA) is 59.0 Å². The summed E-state index contributed by atoms with van der Waals surface area (Å²) in [5.74, 6) is 0.831. The molecule has 3 nitrogen and oxygen atoms in total. The second-order valence-electron chi connectivity index (χ2n) is 4.11. The van der Waals surface area contributed by atoms with Crippen LogP contribution in [0.3, 0.4) is 0 Å². The lowest BCUT2D eigenvalue weighted by Crippen LogP contribution is -1.93. The van der Waals surface area contributed by atoms with Crippen LogP contribution in [0.15, 0.2) is 41.3 Å². The first-order valence-corrected chi connectivity index (χ1v) is 6.87. The zero-order chi connectivity index (χ0) is 14.5. The Kier molecular flexibility index (Phi) is 4.49. The number of anilines is 1. The molecule has 20 heavy (non-hydrogen) atoms. The zero-order valence-corrected chi connectivity index (χ0v) is 11.7. The van der Waals surface area contributed by atoms with E-state index in [1.165, 1.54) is 30.0 Å². The summed E-state index contributed by atoms with van der Waals surface area (Å²) in [7, 11) is 1.58. The predicted molar refractivity (Wildman–Crippen MR) is 78.1 cm³/mol. The lowest BCUT2D eigenvalue weighted by atomic mass is 10.1. The third kappa shape index (κ3) is 3.22. The molecule has 0 heterocycles. The lowest BCUT2D eigenvalue weighted by Gasteiger charge is -2.09. The maximum absolute atomic E-state index is 13.2. The molecule has 2 aromatic rings. The fourth-order valence-electron chi connectivity index (χ4n) is 1.71. The third-order valence-corrected chi connectivity index (χ3v) is 3.91. The largest absolute Gasteiger partial charge is 0.497 e. The van der Waals surface area contributed by atoms with Crippen molar-refractivity contribution in [3.05, 3.63) is 53.3 Å². The first-order chi connectivity index (χ1) is 9.63. The molecule has 0 saturated carbocycles. The molecule has 0 saturated heterocycles. The number of thioether (sulfide) groups is 1. The van der Waals surface area contributed by atoms with Gasteiger partial charge in [-0.05, 0) is 42.0 Å². The Balaban J connectivity index is 2.21. The molecule has 2 N–H and O–H groups in total. The standard InChI is InChI=1S/C15H13FN2OS/c1-19-13-4-5-14(18)15(7-13)20-9-11-6-12(16)3-2-10(11)8-17/h2-7H,9,18H2,1H3. The number of nitrogens with two attached hydrogens (primary N) is 1. The number of nitrogens with zero attached hydrogens (tertiary/aromatic N) is 1. The molecular formula is C15H13FN2OS. The van der Waals surface area contributed by atoms with E-state index >= 15 is 0 Å². The van der Waals surface area contributed by atoms with Crippen LogP contribution in [0.5, 0.6) is 5.75 Å². The average molecular weight is 288 g/mol. The van der Waals surface area contributed by atoms with Crippen LogP contribution >= 0.6 is 11.8 Å². The molecule has 0 amide bonds. The maximum atomic E-state index is 13.2. The van der Waals surface area contributed by atoms with Gasteiger partial charge in [0.25, 0.3) is 0 Å². The van der Waals surface area contributed by atoms with Gasteiger partial charge in [-0.3, -0.25) is 0 Å². The van der Waals surface area contributed by atoms with Crippen molar-refractivity contribution in [1.29, 1.82) is 5.26 Å². The summed E-state index contributed by atoms with van der Waals surface area (Å²) in [4.78, 5) is 0.845. The van der Waals surface area contributed by atoms with Crippen molar-refractivity contribution in [3.63, 3.8) is 0 Å². The fraction of sp³-hybridized carbons (Fsp3) is 0.133. The average Bonchev–Trinajstić information content (AvgIpc) is 2.46. The van der Waals surface area contributed by atoms with Crippen LogP contribution in [0, 0.1) is 17.1 Å². The van der Waals surface area contributed by atoms with E-state index in [0.29, 0.717) is 28.3 Å². The quantitative estimate of drug-likeness (QED) is 0.690. The molecule has 0 bridgehead atoms. The van der Waals surface area contributed by atoms with Gasteiger partial charge in [0.2, 0.25) is 0 Å². The molecule has 0 aliphatic carbocycles. The van der Waals surface area contributed by atoms with Crippen LogP contribution in [0.4, 0.5) is 10.1 Å². The molecule has 2 aromatic carbocycles. The molecule has 5 heteroatoms. The Morgan fingerprint density at radius 2 is 2.10 bits per heavy atom. The van der Waals surface area contributed by atoms with Gasteiger partial charge in [0.05, 0.1) is 18.7 Å². The van der Waals surface area contributed by atoms with Gasteiger partial charge in [-0.15, -0.1) is 11.8 Å². The molecule has 0 aromatic heterocycles. The Bertz CT molecular complexity index is 667.